The third-order valence-electron chi connectivity index (χ3n) is 2.19. The average Bonchev–Trinajstić information content (AvgIpc) is 2.31. The Bertz CT molecular complexity index is 535. The lowest BCUT2D eigenvalue weighted by Crippen LogP contribution is -2.43. The Hall–Kier alpha value is -2.15. The molecule has 0 saturated heterocycles. The minimum Gasteiger partial charge on any atom is -0.480 e. The largest absolute Gasteiger partial charge is 0.480 e. The molecule has 0 aliphatic rings. The molecule has 2 amide bonds. The number of nitrogens with one attached hydrogen (secondary N) is 1. The van der Waals surface area contributed by atoms with Crippen molar-refractivity contribution < 1.29 is 23.9 Å². The topological polar surface area (TPSA) is 109 Å². The summed E-state index contributed by atoms with van der Waals surface area (Å²) in [7, 11) is 0. The van der Waals surface area contributed by atoms with Crippen molar-refractivity contribution in [1.29, 1.82) is 0 Å². The molecule has 0 radical (unpaired) electrons. The number of amides is 2. The van der Waals surface area contributed by atoms with Crippen molar-refractivity contribution in [3.8, 4) is 0 Å². The van der Waals surface area contributed by atoms with Gasteiger partial charge in [0.15, 0.2) is 0 Å². The van der Waals surface area contributed by atoms with Gasteiger partial charge in [-0.05, 0) is 18.2 Å². The Morgan fingerprint density at radius 2 is 2.05 bits per heavy atom. The number of primary amides is 1. The zero-order chi connectivity index (χ0) is 14.6. The van der Waals surface area contributed by atoms with Gasteiger partial charge in [-0.25, -0.2) is 9.18 Å². The van der Waals surface area contributed by atoms with Crippen molar-refractivity contribution in [1.82, 2.24) is 5.32 Å². The number of carboxylic acids is 1. The highest BCUT2D eigenvalue weighted by Gasteiger charge is 2.23. The van der Waals surface area contributed by atoms with Gasteiger partial charge in [-0.15, -0.1) is 0 Å². The van der Waals surface area contributed by atoms with Gasteiger partial charge in [-0.3, -0.25) is 9.59 Å². The number of rotatable bonds is 5. The fraction of sp³-hybridized carbons (Fsp3) is 0.182. The van der Waals surface area contributed by atoms with E-state index in [0.717, 1.165) is 18.2 Å². The first-order valence-electron chi connectivity index (χ1n) is 5.08. The van der Waals surface area contributed by atoms with E-state index >= 15 is 0 Å². The van der Waals surface area contributed by atoms with E-state index in [2.05, 4.69) is 5.32 Å². The van der Waals surface area contributed by atoms with Crippen LogP contribution in [0.3, 0.4) is 0 Å². The van der Waals surface area contributed by atoms with Crippen LogP contribution in [0.4, 0.5) is 4.39 Å². The van der Waals surface area contributed by atoms with E-state index < -0.39 is 36.1 Å². The molecule has 8 heteroatoms. The van der Waals surface area contributed by atoms with Crippen LogP contribution in [0.15, 0.2) is 18.2 Å². The summed E-state index contributed by atoms with van der Waals surface area (Å²) in [6, 6.07) is 1.71. The van der Waals surface area contributed by atoms with E-state index in [1.165, 1.54) is 0 Å². The second kappa shape index (κ2) is 6.14. The Labute approximate surface area is 112 Å². The lowest BCUT2D eigenvalue weighted by atomic mass is 10.1. The number of halogens is 2. The molecule has 0 unspecified atom stereocenters. The first-order valence-corrected chi connectivity index (χ1v) is 5.46. The van der Waals surface area contributed by atoms with Gasteiger partial charge in [0.2, 0.25) is 5.91 Å². The van der Waals surface area contributed by atoms with Crippen LogP contribution in [-0.4, -0.2) is 28.9 Å². The van der Waals surface area contributed by atoms with E-state index in [4.69, 9.17) is 22.4 Å². The monoisotopic (exact) mass is 288 g/mol. The second-order valence-electron chi connectivity index (χ2n) is 3.66. The lowest BCUT2D eigenvalue weighted by Gasteiger charge is -2.12. The van der Waals surface area contributed by atoms with Gasteiger partial charge in [0.25, 0.3) is 5.91 Å². The van der Waals surface area contributed by atoms with E-state index in [-0.39, 0.29) is 10.6 Å². The number of hydrogen-bond acceptors (Lipinski definition) is 3. The summed E-state index contributed by atoms with van der Waals surface area (Å²) in [5.41, 5.74) is 4.84. The van der Waals surface area contributed by atoms with Gasteiger partial charge >= 0.3 is 5.97 Å². The van der Waals surface area contributed by atoms with Crippen LogP contribution >= 0.6 is 11.6 Å². The molecule has 19 heavy (non-hydrogen) atoms. The minimum absolute atomic E-state index is 0.0258. The van der Waals surface area contributed by atoms with Gasteiger partial charge in [-0.1, -0.05) is 11.6 Å². The van der Waals surface area contributed by atoms with Crippen molar-refractivity contribution in [2.24, 2.45) is 5.73 Å². The summed E-state index contributed by atoms with van der Waals surface area (Å²) in [6.45, 7) is 0. The smallest absolute Gasteiger partial charge is 0.326 e. The summed E-state index contributed by atoms with van der Waals surface area (Å²) in [4.78, 5) is 33.2. The molecule has 0 aliphatic carbocycles. The summed E-state index contributed by atoms with van der Waals surface area (Å²) in [5.74, 6) is -3.77. The lowest BCUT2D eigenvalue weighted by molar-refractivity contribution is -0.140. The maximum atomic E-state index is 12.9. The Morgan fingerprint density at radius 1 is 1.42 bits per heavy atom. The van der Waals surface area contributed by atoms with Crippen LogP contribution in [0.25, 0.3) is 0 Å². The van der Waals surface area contributed by atoms with Crippen LogP contribution in [0, 0.1) is 5.82 Å². The van der Waals surface area contributed by atoms with Crippen LogP contribution in [0.1, 0.15) is 16.8 Å². The molecule has 6 nitrogen and oxygen atoms in total. The van der Waals surface area contributed by atoms with Crippen molar-refractivity contribution in [3.05, 3.63) is 34.6 Å². The molecule has 0 fully saturated rings. The van der Waals surface area contributed by atoms with Crippen LogP contribution in [-0.2, 0) is 9.59 Å². The zero-order valence-corrected chi connectivity index (χ0v) is 10.3. The van der Waals surface area contributed by atoms with Gasteiger partial charge in [0, 0.05) is 5.56 Å². The predicted octanol–water partition coefficient (Wildman–Crippen LogP) is 0.538. The van der Waals surface area contributed by atoms with Crippen molar-refractivity contribution in [2.75, 3.05) is 0 Å². The maximum absolute atomic E-state index is 12.9. The number of carbonyl (C=O) groups is 3. The number of benzene rings is 1. The second-order valence-corrected chi connectivity index (χ2v) is 4.07. The third-order valence-corrected chi connectivity index (χ3v) is 2.48. The van der Waals surface area contributed by atoms with Gasteiger partial charge < -0.3 is 16.2 Å². The molecule has 0 saturated carbocycles. The van der Waals surface area contributed by atoms with Gasteiger partial charge in [0.1, 0.15) is 11.9 Å². The van der Waals surface area contributed by atoms with Crippen LogP contribution in [0.2, 0.25) is 5.02 Å². The molecule has 0 aromatic heterocycles. The number of carboxylic acid groups (broad SMARTS) is 1. The summed E-state index contributed by atoms with van der Waals surface area (Å²) < 4.78 is 12.9. The molecule has 1 atom stereocenters. The van der Waals surface area contributed by atoms with Crippen molar-refractivity contribution in [2.45, 2.75) is 12.5 Å². The van der Waals surface area contributed by atoms with Crippen LogP contribution < -0.4 is 11.1 Å². The predicted molar refractivity (Wildman–Crippen MR) is 64.1 cm³/mol. The van der Waals surface area contributed by atoms with E-state index in [0.29, 0.717) is 0 Å². The fourth-order valence-electron chi connectivity index (χ4n) is 1.28. The Kier molecular flexibility index (Phi) is 4.82. The molecule has 102 valence electrons. The fourth-order valence-corrected chi connectivity index (χ4v) is 1.46. The quantitative estimate of drug-likeness (QED) is 0.734. The molecule has 4 N–H and O–H groups in total. The van der Waals surface area contributed by atoms with Crippen molar-refractivity contribution in [3.63, 3.8) is 0 Å². The number of aliphatic carboxylic acids is 1. The Balaban J connectivity index is 2.84. The first-order chi connectivity index (χ1) is 8.81. The molecule has 1 rings (SSSR count). The summed E-state index contributed by atoms with van der Waals surface area (Å²) in [5, 5.41) is 10.6. The number of carbonyl (C=O) groups excluding carboxylic acids is 2. The summed E-state index contributed by atoms with van der Waals surface area (Å²) in [6.07, 6.45) is -0.546. The SMILES string of the molecule is NC(=O)C[C@@H](NC(=O)c1ccc(F)c(Cl)c1)C(=O)O. The number of nitrogens with two attached hydrogens (primary N) is 1. The van der Waals surface area contributed by atoms with Gasteiger partial charge in [-0.2, -0.15) is 0 Å². The summed E-state index contributed by atoms with van der Waals surface area (Å²) >= 11 is 5.50. The first kappa shape index (κ1) is 14.9. The molecule has 0 bridgehead atoms. The molecular formula is C11H10ClFN2O4. The highest BCUT2D eigenvalue weighted by molar-refractivity contribution is 6.31. The normalized spacial score (nSPS) is 11.7. The Morgan fingerprint density at radius 3 is 2.53 bits per heavy atom. The highest BCUT2D eigenvalue weighted by atomic mass is 35.5. The van der Waals surface area contributed by atoms with E-state index in [9.17, 15) is 18.8 Å². The van der Waals surface area contributed by atoms with E-state index in [1.807, 2.05) is 0 Å². The van der Waals surface area contributed by atoms with Crippen LogP contribution in [0.5, 0.6) is 0 Å². The molecule has 0 heterocycles. The standard InChI is InChI=1S/C11H10ClFN2O4/c12-6-3-5(1-2-7(6)13)10(17)15-8(11(18)19)4-9(14)16/h1-3,8H,4H2,(H2,14,16)(H,15,17)(H,18,19)/t8-/m1/s1. The molecule has 1 aromatic rings. The molecule has 1 aromatic carbocycles. The molecular weight excluding hydrogens is 279 g/mol. The maximum Gasteiger partial charge on any atom is 0.326 e. The highest BCUT2D eigenvalue weighted by Crippen LogP contribution is 2.16. The third kappa shape index (κ3) is 4.22. The molecule has 0 aliphatic heterocycles. The molecule has 0 spiro atoms. The van der Waals surface area contributed by atoms with E-state index in [1.54, 1.807) is 0 Å². The average molecular weight is 289 g/mol. The van der Waals surface area contributed by atoms with Gasteiger partial charge in [0.05, 0.1) is 11.4 Å². The number of hydrogen-bond donors (Lipinski definition) is 3. The minimum atomic E-state index is -1.45. The van der Waals surface area contributed by atoms with Crippen molar-refractivity contribution >= 4 is 29.4 Å². The zero-order valence-electron chi connectivity index (χ0n) is 9.52.